The van der Waals surface area contributed by atoms with E-state index in [1.165, 1.54) is 12.1 Å². The second-order valence-electron chi connectivity index (χ2n) is 6.86. The third-order valence-electron chi connectivity index (χ3n) is 4.77. The molecule has 1 N–H and O–H groups in total. The van der Waals surface area contributed by atoms with Crippen LogP contribution in [0.2, 0.25) is 5.02 Å². The molecule has 28 heavy (non-hydrogen) atoms. The largest absolute Gasteiger partial charge is 0.339 e. The Morgan fingerprint density at radius 3 is 2.32 bits per heavy atom. The number of nitrogens with zero attached hydrogens (tertiary/aromatic N) is 1. The number of likely N-dealkylation sites (tertiary alicyclic amines) is 1. The van der Waals surface area contributed by atoms with Gasteiger partial charge in [0.2, 0.25) is 5.91 Å². The van der Waals surface area contributed by atoms with E-state index in [-0.39, 0.29) is 22.6 Å². The van der Waals surface area contributed by atoms with Crippen LogP contribution >= 0.6 is 11.6 Å². The lowest BCUT2D eigenvalue weighted by atomic mass is 9.95. The van der Waals surface area contributed by atoms with Crippen molar-refractivity contribution in [1.29, 1.82) is 0 Å². The molecule has 1 heterocycles. The fourth-order valence-corrected chi connectivity index (χ4v) is 3.96. The monoisotopic (exact) mass is 420 g/mol. The van der Waals surface area contributed by atoms with E-state index >= 15 is 0 Å². The number of hydrogen-bond donors (Lipinski definition) is 1. The Hall–Kier alpha value is -2.38. The summed E-state index contributed by atoms with van der Waals surface area (Å²) in [4.78, 5) is 27.0. The van der Waals surface area contributed by atoms with Gasteiger partial charge in [0.15, 0.2) is 9.84 Å². The first-order valence-electron chi connectivity index (χ1n) is 8.90. The quantitative estimate of drug-likeness (QED) is 0.823. The Labute approximate surface area is 169 Å². The number of carbonyl (C=O) groups is 2. The number of carbonyl (C=O) groups excluding carboxylic acids is 2. The summed E-state index contributed by atoms with van der Waals surface area (Å²) in [6, 6.07) is 12.9. The summed E-state index contributed by atoms with van der Waals surface area (Å²) in [6.07, 6.45) is 2.23. The average Bonchev–Trinajstić information content (AvgIpc) is 2.68. The van der Waals surface area contributed by atoms with Crippen molar-refractivity contribution in [1.82, 2.24) is 4.90 Å². The first kappa shape index (κ1) is 20.4. The van der Waals surface area contributed by atoms with Crippen LogP contribution in [0.4, 0.5) is 5.69 Å². The molecule has 1 saturated heterocycles. The molecule has 0 atom stereocenters. The highest BCUT2D eigenvalue weighted by Crippen LogP contribution is 2.22. The summed E-state index contributed by atoms with van der Waals surface area (Å²) in [5.74, 6) is -0.461. The topological polar surface area (TPSA) is 83.6 Å². The van der Waals surface area contributed by atoms with E-state index in [9.17, 15) is 18.0 Å². The van der Waals surface area contributed by atoms with Gasteiger partial charge in [-0.2, -0.15) is 0 Å². The highest BCUT2D eigenvalue weighted by atomic mass is 35.5. The molecular weight excluding hydrogens is 400 g/mol. The van der Waals surface area contributed by atoms with E-state index in [1.807, 2.05) is 0 Å². The van der Waals surface area contributed by atoms with Crippen LogP contribution in [-0.2, 0) is 14.6 Å². The first-order valence-corrected chi connectivity index (χ1v) is 11.2. The Bertz CT molecular complexity index is 982. The molecule has 1 aliphatic rings. The third-order valence-corrected chi connectivity index (χ3v) is 6.14. The summed E-state index contributed by atoms with van der Waals surface area (Å²) in [7, 11) is -3.34. The van der Waals surface area contributed by atoms with Gasteiger partial charge in [-0.25, -0.2) is 8.42 Å². The fourth-order valence-electron chi connectivity index (χ4n) is 3.17. The first-order chi connectivity index (χ1) is 13.2. The normalized spacial score (nSPS) is 15.3. The van der Waals surface area contributed by atoms with Crippen LogP contribution in [0, 0.1) is 5.92 Å². The number of nitrogens with one attached hydrogen (secondary N) is 1. The minimum Gasteiger partial charge on any atom is -0.339 e. The molecule has 1 fully saturated rings. The van der Waals surface area contributed by atoms with Crippen molar-refractivity contribution in [3.05, 3.63) is 59.1 Å². The molecular formula is C20H21ClN2O4S. The van der Waals surface area contributed by atoms with Crippen LogP contribution in [0.3, 0.4) is 0 Å². The number of benzene rings is 2. The van der Waals surface area contributed by atoms with Gasteiger partial charge in [-0.1, -0.05) is 17.7 Å². The zero-order chi connectivity index (χ0) is 20.3. The van der Waals surface area contributed by atoms with Crippen LogP contribution in [0.15, 0.2) is 53.4 Å². The Morgan fingerprint density at radius 2 is 1.71 bits per heavy atom. The molecule has 2 aromatic rings. The van der Waals surface area contributed by atoms with Gasteiger partial charge in [0.1, 0.15) is 0 Å². The Morgan fingerprint density at radius 1 is 1.07 bits per heavy atom. The van der Waals surface area contributed by atoms with Crippen LogP contribution in [-0.4, -0.2) is 44.5 Å². The summed E-state index contributed by atoms with van der Waals surface area (Å²) in [5.41, 5.74) is 1.03. The van der Waals surface area contributed by atoms with E-state index in [1.54, 1.807) is 41.3 Å². The van der Waals surface area contributed by atoms with Gasteiger partial charge in [0, 0.05) is 41.5 Å². The lowest BCUT2D eigenvalue weighted by Gasteiger charge is -2.31. The minimum atomic E-state index is -3.34. The smallest absolute Gasteiger partial charge is 0.253 e. The number of halogens is 1. The summed E-state index contributed by atoms with van der Waals surface area (Å²) < 4.78 is 23.3. The standard InChI is InChI=1S/C20H21ClN2O4S/c1-28(26,27)18-4-2-3-17(13-18)22-19(24)14-9-11-23(12-10-14)20(25)15-5-7-16(21)8-6-15/h2-8,13-14H,9-12H2,1H3,(H,22,24). The maximum atomic E-state index is 12.5. The molecule has 0 spiro atoms. The molecule has 0 bridgehead atoms. The molecule has 8 heteroatoms. The summed E-state index contributed by atoms with van der Waals surface area (Å²) in [5, 5.41) is 3.36. The van der Waals surface area contributed by atoms with Crippen LogP contribution < -0.4 is 5.32 Å². The maximum Gasteiger partial charge on any atom is 0.253 e. The molecule has 148 valence electrons. The molecule has 0 saturated carbocycles. The van der Waals surface area contributed by atoms with Gasteiger partial charge >= 0.3 is 0 Å². The van der Waals surface area contributed by atoms with Crippen LogP contribution in [0.25, 0.3) is 0 Å². The lowest BCUT2D eigenvalue weighted by molar-refractivity contribution is -0.121. The van der Waals surface area contributed by atoms with E-state index < -0.39 is 9.84 Å². The molecule has 0 aromatic heterocycles. The highest BCUT2D eigenvalue weighted by molar-refractivity contribution is 7.90. The highest BCUT2D eigenvalue weighted by Gasteiger charge is 2.28. The molecule has 0 radical (unpaired) electrons. The summed E-state index contributed by atoms with van der Waals surface area (Å²) in [6.45, 7) is 0.978. The van der Waals surface area contributed by atoms with Gasteiger partial charge in [0.25, 0.3) is 5.91 Å². The molecule has 3 rings (SSSR count). The van der Waals surface area contributed by atoms with E-state index in [2.05, 4.69) is 5.32 Å². The van der Waals surface area contributed by atoms with Crippen molar-refractivity contribution < 1.29 is 18.0 Å². The zero-order valence-electron chi connectivity index (χ0n) is 15.4. The SMILES string of the molecule is CS(=O)(=O)c1cccc(NC(=O)C2CCN(C(=O)c3ccc(Cl)cc3)CC2)c1. The van der Waals surface area contributed by atoms with Crippen molar-refractivity contribution in [2.45, 2.75) is 17.7 Å². The number of piperidine rings is 1. The molecule has 2 amide bonds. The van der Waals surface area contributed by atoms with Gasteiger partial charge in [-0.3, -0.25) is 9.59 Å². The van der Waals surface area contributed by atoms with Crippen molar-refractivity contribution >= 4 is 38.9 Å². The van der Waals surface area contributed by atoms with E-state index in [4.69, 9.17) is 11.6 Å². The molecule has 6 nitrogen and oxygen atoms in total. The van der Waals surface area contributed by atoms with Crippen molar-refractivity contribution in [3.8, 4) is 0 Å². The Kier molecular flexibility index (Phi) is 6.05. The average molecular weight is 421 g/mol. The number of rotatable bonds is 4. The second-order valence-corrected chi connectivity index (χ2v) is 9.31. The predicted molar refractivity (Wildman–Crippen MR) is 108 cm³/mol. The van der Waals surface area contributed by atoms with Crippen molar-refractivity contribution in [2.75, 3.05) is 24.7 Å². The second kappa shape index (κ2) is 8.32. The van der Waals surface area contributed by atoms with Gasteiger partial charge in [-0.15, -0.1) is 0 Å². The lowest BCUT2D eigenvalue weighted by Crippen LogP contribution is -2.41. The maximum absolute atomic E-state index is 12.5. The number of hydrogen-bond acceptors (Lipinski definition) is 4. The third kappa shape index (κ3) is 4.91. The van der Waals surface area contributed by atoms with Gasteiger partial charge < -0.3 is 10.2 Å². The minimum absolute atomic E-state index is 0.0728. The zero-order valence-corrected chi connectivity index (χ0v) is 17.0. The van der Waals surface area contributed by atoms with Crippen LogP contribution in [0.1, 0.15) is 23.2 Å². The molecule has 2 aromatic carbocycles. The van der Waals surface area contributed by atoms with Gasteiger partial charge in [-0.05, 0) is 55.3 Å². The predicted octanol–water partition coefficient (Wildman–Crippen LogP) is 3.23. The number of anilines is 1. The van der Waals surface area contributed by atoms with Crippen LogP contribution in [0.5, 0.6) is 0 Å². The van der Waals surface area contributed by atoms with E-state index in [0.29, 0.717) is 42.2 Å². The molecule has 0 unspecified atom stereocenters. The fraction of sp³-hybridized carbons (Fsp3) is 0.300. The molecule has 1 aliphatic heterocycles. The van der Waals surface area contributed by atoms with Crippen molar-refractivity contribution in [3.63, 3.8) is 0 Å². The Balaban J connectivity index is 1.58. The van der Waals surface area contributed by atoms with E-state index in [0.717, 1.165) is 6.26 Å². The molecule has 0 aliphatic carbocycles. The van der Waals surface area contributed by atoms with Gasteiger partial charge in [0.05, 0.1) is 4.90 Å². The number of amides is 2. The van der Waals surface area contributed by atoms with Crippen molar-refractivity contribution in [2.24, 2.45) is 5.92 Å². The number of sulfone groups is 1. The summed E-state index contributed by atoms with van der Waals surface area (Å²) >= 11 is 5.85.